The van der Waals surface area contributed by atoms with Crippen LogP contribution in [0.2, 0.25) is 0 Å². The van der Waals surface area contributed by atoms with E-state index in [-0.39, 0.29) is 6.10 Å². The minimum absolute atomic E-state index is 0.330. The van der Waals surface area contributed by atoms with Gasteiger partial charge in [-0.1, -0.05) is 32.0 Å². The van der Waals surface area contributed by atoms with Gasteiger partial charge in [0.05, 0.1) is 6.10 Å². The number of nitrogens with one attached hydrogen (secondary N) is 1. The Kier molecular flexibility index (Phi) is 6.16. The van der Waals surface area contributed by atoms with E-state index in [9.17, 15) is 5.11 Å². The second-order valence-corrected chi connectivity index (χ2v) is 4.79. The molecule has 1 aromatic carbocycles. The van der Waals surface area contributed by atoms with Crippen molar-refractivity contribution in [2.75, 3.05) is 31.5 Å². The number of benzene rings is 1. The van der Waals surface area contributed by atoms with Crippen molar-refractivity contribution >= 4 is 5.69 Å². The van der Waals surface area contributed by atoms with Gasteiger partial charge in [-0.3, -0.25) is 0 Å². The maximum atomic E-state index is 10.0. The molecule has 0 saturated carbocycles. The first-order chi connectivity index (χ1) is 8.58. The second kappa shape index (κ2) is 7.39. The van der Waals surface area contributed by atoms with E-state index in [0.29, 0.717) is 6.54 Å². The molecule has 3 heteroatoms. The number of likely N-dealkylation sites (N-methyl/N-ethyl adjacent to an activating group) is 1. The average molecular weight is 250 g/mol. The van der Waals surface area contributed by atoms with E-state index < -0.39 is 0 Å². The molecule has 0 saturated heterocycles. The molecule has 0 spiro atoms. The first-order valence-corrected chi connectivity index (χ1v) is 6.79. The Morgan fingerprint density at radius 1 is 1.17 bits per heavy atom. The van der Waals surface area contributed by atoms with Crippen LogP contribution in [-0.2, 0) is 0 Å². The van der Waals surface area contributed by atoms with Crippen LogP contribution in [0.25, 0.3) is 0 Å². The monoisotopic (exact) mass is 250 g/mol. The lowest BCUT2D eigenvalue weighted by atomic mass is 10.1. The molecule has 1 rings (SSSR count). The fourth-order valence-corrected chi connectivity index (χ4v) is 2.16. The van der Waals surface area contributed by atoms with Gasteiger partial charge in [0.2, 0.25) is 0 Å². The van der Waals surface area contributed by atoms with Gasteiger partial charge in [0.15, 0.2) is 0 Å². The van der Waals surface area contributed by atoms with Crippen LogP contribution in [0.3, 0.4) is 0 Å². The lowest BCUT2D eigenvalue weighted by molar-refractivity contribution is 0.128. The van der Waals surface area contributed by atoms with Crippen LogP contribution in [0.4, 0.5) is 5.69 Å². The summed E-state index contributed by atoms with van der Waals surface area (Å²) in [6.07, 6.45) is -0.330. The molecule has 0 bridgehead atoms. The van der Waals surface area contributed by atoms with Gasteiger partial charge in [0.1, 0.15) is 0 Å². The highest BCUT2D eigenvalue weighted by Crippen LogP contribution is 2.19. The van der Waals surface area contributed by atoms with E-state index >= 15 is 0 Å². The normalized spacial score (nSPS) is 12.8. The first-order valence-electron chi connectivity index (χ1n) is 6.79. The van der Waals surface area contributed by atoms with Gasteiger partial charge >= 0.3 is 0 Å². The predicted octanol–water partition coefficient (Wildman–Crippen LogP) is 2.42. The molecule has 2 N–H and O–H groups in total. The van der Waals surface area contributed by atoms with Gasteiger partial charge in [-0.05, 0) is 38.1 Å². The lowest BCUT2D eigenvalue weighted by Gasteiger charge is -2.23. The van der Waals surface area contributed by atoms with E-state index in [1.54, 1.807) is 0 Å². The number of anilines is 1. The summed E-state index contributed by atoms with van der Waals surface area (Å²) < 4.78 is 0. The van der Waals surface area contributed by atoms with E-state index in [4.69, 9.17) is 0 Å². The summed E-state index contributed by atoms with van der Waals surface area (Å²) in [5.74, 6) is 0. The topological polar surface area (TPSA) is 35.5 Å². The van der Waals surface area contributed by atoms with Gasteiger partial charge in [0, 0.05) is 18.8 Å². The van der Waals surface area contributed by atoms with E-state index in [2.05, 4.69) is 56.1 Å². The average Bonchev–Trinajstić information content (AvgIpc) is 2.35. The van der Waals surface area contributed by atoms with Crippen molar-refractivity contribution in [2.45, 2.75) is 33.8 Å². The quantitative estimate of drug-likeness (QED) is 0.780. The number of aliphatic hydroxyl groups excluding tert-OH is 1. The smallest absolute Gasteiger partial charge is 0.0839 e. The fourth-order valence-electron chi connectivity index (χ4n) is 2.16. The Morgan fingerprint density at radius 2 is 1.72 bits per heavy atom. The summed E-state index contributed by atoms with van der Waals surface area (Å²) in [6, 6.07) is 6.24. The SMILES string of the molecule is CCN(CC)CC(O)CNc1c(C)cccc1C. The van der Waals surface area contributed by atoms with Crippen LogP contribution in [0.15, 0.2) is 18.2 Å². The first kappa shape index (κ1) is 15.0. The molecule has 1 atom stereocenters. The second-order valence-electron chi connectivity index (χ2n) is 4.79. The van der Waals surface area contributed by atoms with Crippen LogP contribution in [0, 0.1) is 13.8 Å². The summed E-state index contributed by atoms with van der Waals surface area (Å²) in [4.78, 5) is 2.23. The summed E-state index contributed by atoms with van der Waals surface area (Å²) in [5, 5.41) is 13.4. The highest BCUT2D eigenvalue weighted by Gasteiger charge is 2.09. The third-order valence-electron chi connectivity index (χ3n) is 3.36. The van der Waals surface area contributed by atoms with Crippen molar-refractivity contribution < 1.29 is 5.11 Å². The summed E-state index contributed by atoms with van der Waals surface area (Å²) >= 11 is 0. The van der Waals surface area contributed by atoms with E-state index in [0.717, 1.165) is 25.3 Å². The molecule has 1 unspecified atom stereocenters. The van der Waals surface area contributed by atoms with Crippen LogP contribution in [0.5, 0.6) is 0 Å². The number of rotatable bonds is 7. The molecule has 18 heavy (non-hydrogen) atoms. The molecule has 0 aliphatic rings. The Bertz CT molecular complexity index is 341. The number of para-hydroxylation sites is 1. The molecule has 3 nitrogen and oxygen atoms in total. The zero-order chi connectivity index (χ0) is 13.5. The third-order valence-corrected chi connectivity index (χ3v) is 3.36. The predicted molar refractivity (Wildman–Crippen MR) is 78.2 cm³/mol. The lowest BCUT2D eigenvalue weighted by Crippen LogP contribution is -2.36. The van der Waals surface area contributed by atoms with Crippen molar-refractivity contribution in [3.63, 3.8) is 0 Å². The van der Waals surface area contributed by atoms with Crippen LogP contribution >= 0.6 is 0 Å². The Hall–Kier alpha value is -1.06. The molecule has 102 valence electrons. The third kappa shape index (κ3) is 4.31. The van der Waals surface area contributed by atoms with E-state index in [1.165, 1.54) is 11.1 Å². The number of aliphatic hydroxyl groups is 1. The van der Waals surface area contributed by atoms with Gasteiger partial charge < -0.3 is 15.3 Å². The molecular formula is C15H26N2O. The van der Waals surface area contributed by atoms with Crippen molar-refractivity contribution in [3.05, 3.63) is 29.3 Å². The maximum absolute atomic E-state index is 10.0. The standard InChI is InChI=1S/C15H26N2O/c1-5-17(6-2)11-14(18)10-16-15-12(3)8-7-9-13(15)4/h7-9,14,16,18H,5-6,10-11H2,1-4H3. The Morgan fingerprint density at radius 3 is 2.22 bits per heavy atom. The minimum atomic E-state index is -0.330. The molecule has 0 aromatic heterocycles. The van der Waals surface area contributed by atoms with Crippen molar-refractivity contribution in [1.29, 1.82) is 0 Å². The van der Waals surface area contributed by atoms with Gasteiger partial charge in [-0.25, -0.2) is 0 Å². The van der Waals surface area contributed by atoms with Crippen molar-refractivity contribution in [1.82, 2.24) is 4.90 Å². The van der Waals surface area contributed by atoms with Gasteiger partial charge in [-0.15, -0.1) is 0 Å². The molecular weight excluding hydrogens is 224 g/mol. The van der Waals surface area contributed by atoms with Crippen LogP contribution in [-0.4, -0.2) is 42.3 Å². The molecule has 0 radical (unpaired) electrons. The van der Waals surface area contributed by atoms with Crippen molar-refractivity contribution in [3.8, 4) is 0 Å². The number of hydrogen-bond donors (Lipinski definition) is 2. The fraction of sp³-hybridized carbons (Fsp3) is 0.600. The molecule has 0 aliphatic heterocycles. The molecule has 0 heterocycles. The van der Waals surface area contributed by atoms with E-state index in [1.807, 2.05) is 0 Å². The zero-order valence-corrected chi connectivity index (χ0v) is 12.0. The maximum Gasteiger partial charge on any atom is 0.0839 e. The summed E-state index contributed by atoms with van der Waals surface area (Å²) in [6.45, 7) is 11.7. The Balaban J connectivity index is 2.49. The minimum Gasteiger partial charge on any atom is -0.390 e. The highest BCUT2D eigenvalue weighted by atomic mass is 16.3. The highest BCUT2D eigenvalue weighted by molar-refractivity contribution is 5.56. The summed E-state index contributed by atoms with van der Waals surface area (Å²) in [7, 11) is 0. The molecule has 0 fully saturated rings. The van der Waals surface area contributed by atoms with Crippen LogP contribution < -0.4 is 5.32 Å². The number of hydrogen-bond acceptors (Lipinski definition) is 3. The number of nitrogens with zero attached hydrogens (tertiary/aromatic N) is 1. The Labute approximate surface area is 111 Å². The van der Waals surface area contributed by atoms with Gasteiger partial charge in [-0.2, -0.15) is 0 Å². The molecule has 0 amide bonds. The van der Waals surface area contributed by atoms with Crippen molar-refractivity contribution in [2.24, 2.45) is 0 Å². The number of aryl methyl sites for hydroxylation is 2. The largest absolute Gasteiger partial charge is 0.390 e. The van der Waals surface area contributed by atoms with Crippen LogP contribution in [0.1, 0.15) is 25.0 Å². The summed E-state index contributed by atoms with van der Waals surface area (Å²) in [5.41, 5.74) is 3.60. The molecule has 1 aromatic rings. The zero-order valence-electron chi connectivity index (χ0n) is 12.0. The molecule has 0 aliphatic carbocycles. The van der Waals surface area contributed by atoms with Gasteiger partial charge in [0.25, 0.3) is 0 Å².